The normalized spacial score (nSPS) is 14.6. The van der Waals surface area contributed by atoms with Gasteiger partial charge in [-0.1, -0.05) is 65.9 Å². The molecule has 2 N–H and O–H groups in total. The number of aliphatic hydroxyl groups is 1. The van der Waals surface area contributed by atoms with Crippen LogP contribution in [0.25, 0.3) is 5.69 Å². The van der Waals surface area contributed by atoms with E-state index in [1.807, 2.05) is 66.9 Å². The molecule has 3 aromatic carbocycles. The fraction of sp³-hybridized carbons (Fsp3) is 0.323. The van der Waals surface area contributed by atoms with Crippen LogP contribution in [-0.4, -0.2) is 68.5 Å². The second kappa shape index (κ2) is 14.1. The summed E-state index contributed by atoms with van der Waals surface area (Å²) in [7, 11) is 0. The van der Waals surface area contributed by atoms with Crippen LogP contribution in [0.3, 0.4) is 0 Å². The average Bonchev–Trinajstić information content (AvgIpc) is 3.56. The van der Waals surface area contributed by atoms with E-state index in [1.54, 1.807) is 10.9 Å². The number of nitrogens with zero attached hydrogens (tertiary/aromatic N) is 4. The van der Waals surface area contributed by atoms with Gasteiger partial charge in [0.2, 0.25) is 0 Å². The number of aromatic nitrogens is 3. The Hall–Kier alpha value is -4.22. The highest BCUT2D eigenvalue weighted by molar-refractivity contribution is 5.73. The summed E-state index contributed by atoms with van der Waals surface area (Å²) in [6.45, 7) is 3.65. The van der Waals surface area contributed by atoms with Crippen LogP contribution < -0.4 is 4.74 Å². The van der Waals surface area contributed by atoms with Gasteiger partial charge in [-0.2, -0.15) is 13.2 Å². The molecule has 0 unspecified atom stereocenters. The van der Waals surface area contributed by atoms with Gasteiger partial charge in [0.25, 0.3) is 0 Å². The van der Waals surface area contributed by atoms with Crippen molar-refractivity contribution in [2.45, 2.75) is 31.0 Å². The van der Waals surface area contributed by atoms with Crippen LogP contribution in [-0.2, 0) is 10.4 Å². The predicted molar refractivity (Wildman–Crippen MR) is 150 cm³/mol. The fourth-order valence-corrected chi connectivity index (χ4v) is 5.12. The summed E-state index contributed by atoms with van der Waals surface area (Å²) in [5.74, 6) is -1.71. The van der Waals surface area contributed by atoms with Crippen molar-refractivity contribution in [1.29, 1.82) is 0 Å². The Kier molecular flexibility index (Phi) is 10.3. The topological polar surface area (TPSA) is 101 Å². The van der Waals surface area contributed by atoms with Gasteiger partial charge in [0.1, 0.15) is 11.4 Å². The fourth-order valence-electron chi connectivity index (χ4n) is 5.12. The molecule has 0 atom stereocenters. The molecule has 0 radical (unpaired) electrons. The highest BCUT2D eigenvalue weighted by atomic mass is 19.4. The zero-order valence-electron chi connectivity index (χ0n) is 22.9. The van der Waals surface area contributed by atoms with Gasteiger partial charge in [-0.15, -0.1) is 5.10 Å². The number of aliphatic carboxylic acids is 1. The maximum absolute atomic E-state index is 12.0. The number of benzene rings is 3. The van der Waals surface area contributed by atoms with E-state index in [2.05, 4.69) is 39.5 Å². The monoisotopic (exact) mass is 582 g/mol. The molecule has 0 spiro atoms. The van der Waals surface area contributed by atoms with Gasteiger partial charge in [-0.05, 0) is 73.7 Å². The molecule has 8 nitrogen and oxygen atoms in total. The van der Waals surface area contributed by atoms with E-state index in [1.165, 1.54) is 0 Å². The standard InChI is InChI=1S/C29H32N4O2.C2HF3O2/c34-29(24-8-3-1-4-9-24,25-10-5-2-6-11-25)26-16-20-32(21-17-26)19-7-23-35-28-14-12-27(13-15-28)33-22-18-30-31-33;3-2(4,5)1(6)7/h1-6,8-15,18,22,26,34H,7,16-17,19-21,23H2;(H,6,7). The van der Waals surface area contributed by atoms with Crippen molar-refractivity contribution >= 4 is 5.97 Å². The van der Waals surface area contributed by atoms with Gasteiger partial charge in [0.05, 0.1) is 24.7 Å². The van der Waals surface area contributed by atoms with Crippen molar-refractivity contribution in [2.75, 3.05) is 26.2 Å². The van der Waals surface area contributed by atoms with Crippen LogP contribution in [0, 0.1) is 5.92 Å². The van der Waals surface area contributed by atoms with E-state index >= 15 is 0 Å². The Morgan fingerprint density at radius 3 is 1.93 bits per heavy atom. The predicted octanol–water partition coefficient (Wildman–Crippen LogP) is 5.32. The number of piperidine rings is 1. The Morgan fingerprint density at radius 1 is 0.905 bits per heavy atom. The SMILES string of the molecule is O=C(O)C(F)(F)F.OC(c1ccccc1)(c1ccccc1)C1CCN(CCCOc2ccc(-n3ccnn3)cc2)CC1. The lowest BCUT2D eigenvalue weighted by Gasteiger charge is -2.42. The summed E-state index contributed by atoms with van der Waals surface area (Å²) in [5.41, 5.74) is 1.96. The van der Waals surface area contributed by atoms with Gasteiger partial charge < -0.3 is 19.8 Å². The van der Waals surface area contributed by atoms with Gasteiger partial charge in [-0.3, -0.25) is 0 Å². The number of ether oxygens (including phenoxy) is 1. The van der Waals surface area contributed by atoms with E-state index in [4.69, 9.17) is 14.6 Å². The number of carbonyl (C=O) groups is 1. The Balaban J connectivity index is 0.000000517. The Morgan fingerprint density at radius 2 is 1.45 bits per heavy atom. The summed E-state index contributed by atoms with van der Waals surface area (Å²) < 4.78 is 39.4. The smallest absolute Gasteiger partial charge is 0.490 e. The first-order chi connectivity index (χ1) is 20.2. The van der Waals surface area contributed by atoms with Crippen LogP contribution in [0.2, 0.25) is 0 Å². The van der Waals surface area contributed by atoms with E-state index < -0.39 is 17.7 Å². The molecule has 1 aliphatic heterocycles. The van der Waals surface area contributed by atoms with E-state index in [9.17, 15) is 18.3 Å². The molecule has 0 amide bonds. The highest BCUT2D eigenvalue weighted by Gasteiger charge is 2.41. The summed E-state index contributed by atoms with van der Waals surface area (Å²) in [5, 5.41) is 27.0. The first kappa shape index (κ1) is 30.7. The molecule has 2 heterocycles. The maximum atomic E-state index is 12.0. The number of carboxylic acids is 1. The van der Waals surface area contributed by atoms with E-state index in [-0.39, 0.29) is 5.92 Å². The second-order valence-corrected chi connectivity index (χ2v) is 9.96. The van der Waals surface area contributed by atoms with E-state index in [0.717, 1.165) is 61.5 Å². The molecule has 0 aliphatic carbocycles. The number of likely N-dealkylation sites (tertiary alicyclic amines) is 1. The van der Waals surface area contributed by atoms with Crippen LogP contribution in [0.1, 0.15) is 30.4 Å². The largest absolute Gasteiger partial charge is 0.494 e. The third-order valence-electron chi connectivity index (χ3n) is 7.26. The summed E-state index contributed by atoms with van der Waals surface area (Å²) in [4.78, 5) is 11.4. The van der Waals surface area contributed by atoms with Gasteiger partial charge >= 0.3 is 12.1 Å². The molecule has 5 rings (SSSR count). The third kappa shape index (κ3) is 7.95. The summed E-state index contributed by atoms with van der Waals surface area (Å²) in [6, 6.07) is 28.2. The van der Waals surface area contributed by atoms with Crippen LogP contribution in [0.4, 0.5) is 13.2 Å². The lowest BCUT2D eigenvalue weighted by atomic mass is 9.72. The lowest BCUT2D eigenvalue weighted by Crippen LogP contribution is -2.44. The first-order valence-electron chi connectivity index (χ1n) is 13.6. The minimum atomic E-state index is -5.08. The zero-order chi connectivity index (χ0) is 30.0. The number of carboxylic acid groups (broad SMARTS) is 1. The number of rotatable bonds is 9. The number of alkyl halides is 3. The molecule has 0 bridgehead atoms. The van der Waals surface area contributed by atoms with Crippen molar-refractivity contribution in [3.63, 3.8) is 0 Å². The maximum Gasteiger partial charge on any atom is 0.490 e. The molecule has 42 heavy (non-hydrogen) atoms. The molecular weight excluding hydrogens is 549 g/mol. The van der Waals surface area contributed by atoms with Crippen molar-refractivity contribution in [3.05, 3.63) is 108 Å². The number of hydrogen-bond donors (Lipinski definition) is 2. The highest BCUT2D eigenvalue weighted by Crippen LogP contribution is 2.41. The number of hydrogen-bond acceptors (Lipinski definition) is 6. The molecule has 1 aromatic heterocycles. The molecule has 0 saturated carbocycles. The lowest BCUT2D eigenvalue weighted by molar-refractivity contribution is -0.192. The Labute approximate surface area is 242 Å². The molecule has 4 aromatic rings. The van der Waals surface area contributed by atoms with Gasteiger partial charge in [0, 0.05) is 6.54 Å². The number of halogens is 3. The molecular formula is C31H33F3N4O4. The third-order valence-corrected chi connectivity index (χ3v) is 7.26. The van der Waals surface area contributed by atoms with Crippen molar-refractivity contribution in [2.24, 2.45) is 5.92 Å². The van der Waals surface area contributed by atoms with Crippen LogP contribution in [0.5, 0.6) is 5.75 Å². The minimum absolute atomic E-state index is 0.184. The summed E-state index contributed by atoms with van der Waals surface area (Å²) in [6.07, 6.45) is 1.30. The van der Waals surface area contributed by atoms with Crippen molar-refractivity contribution < 1.29 is 32.9 Å². The van der Waals surface area contributed by atoms with E-state index in [0.29, 0.717) is 6.61 Å². The Bertz CT molecular complexity index is 1320. The van der Waals surface area contributed by atoms with Crippen molar-refractivity contribution in [3.8, 4) is 11.4 Å². The second-order valence-electron chi connectivity index (χ2n) is 9.96. The van der Waals surface area contributed by atoms with Crippen LogP contribution >= 0.6 is 0 Å². The van der Waals surface area contributed by atoms with Gasteiger partial charge in [0.15, 0.2) is 0 Å². The average molecular weight is 583 g/mol. The summed E-state index contributed by atoms with van der Waals surface area (Å²) >= 11 is 0. The van der Waals surface area contributed by atoms with Crippen LogP contribution in [0.15, 0.2) is 97.3 Å². The quantitative estimate of drug-likeness (QED) is 0.258. The molecule has 1 saturated heterocycles. The first-order valence-corrected chi connectivity index (χ1v) is 13.6. The zero-order valence-corrected chi connectivity index (χ0v) is 22.9. The molecule has 222 valence electrons. The molecule has 1 fully saturated rings. The molecule has 1 aliphatic rings. The molecule has 11 heteroatoms. The van der Waals surface area contributed by atoms with Crippen molar-refractivity contribution in [1.82, 2.24) is 19.9 Å². The van der Waals surface area contributed by atoms with Gasteiger partial charge in [-0.25, -0.2) is 9.48 Å². The minimum Gasteiger partial charge on any atom is -0.494 e.